The summed E-state index contributed by atoms with van der Waals surface area (Å²) in [5, 5.41) is 0. The van der Waals surface area contributed by atoms with Crippen molar-refractivity contribution in [3.63, 3.8) is 0 Å². The minimum absolute atomic E-state index is 0. The molecular weight excluding hydrogens is 167 g/mol. The van der Waals surface area contributed by atoms with E-state index >= 15 is 0 Å². The highest BCUT2D eigenvalue weighted by molar-refractivity contribution is 7.45. The van der Waals surface area contributed by atoms with E-state index in [0.717, 1.165) is 0 Å². The molecule has 0 amide bonds. The van der Waals surface area contributed by atoms with Crippen LogP contribution in [0.1, 0.15) is 0 Å². The molecule has 0 bridgehead atoms. The smallest absolute Gasteiger partial charge is 0.412 e. The van der Waals surface area contributed by atoms with Crippen molar-refractivity contribution in [3.05, 3.63) is 0 Å². The van der Waals surface area contributed by atoms with Crippen LogP contribution in [0.2, 0.25) is 0 Å². The van der Waals surface area contributed by atoms with Crippen LogP contribution in [-0.4, -0.2) is 54.2 Å². The van der Waals surface area contributed by atoms with Crippen molar-refractivity contribution >= 4 is 30.9 Å². The summed E-state index contributed by atoms with van der Waals surface area (Å²) >= 11 is 0. The Morgan fingerprint density at radius 2 is 0.889 bits per heavy atom. The fraction of sp³-hybridized carbons (Fsp3) is 0. The summed E-state index contributed by atoms with van der Waals surface area (Å²) in [6.45, 7) is 0. The molecule has 0 aromatic heterocycles. The molecule has 0 atom stereocenters. The standard InChI is InChI=1S/Mg.H3O4P.3H2O/c;1-5(2,3)4;;;/h;(H3,1,2,3,4);3*1H2. The summed E-state index contributed by atoms with van der Waals surface area (Å²) in [6.07, 6.45) is 0. The molecule has 0 unspecified atom stereocenters. The van der Waals surface area contributed by atoms with Gasteiger partial charge in [-0.15, -0.1) is 0 Å². The van der Waals surface area contributed by atoms with Crippen LogP contribution in [0.15, 0.2) is 0 Å². The fourth-order valence-electron chi connectivity index (χ4n) is 0. The van der Waals surface area contributed by atoms with Gasteiger partial charge in [0.05, 0.1) is 0 Å². The lowest BCUT2D eigenvalue weighted by Gasteiger charge is -1.82. The maximum atomic E-state index is 8.88. The second-order valence-corrected chi connectivity index (χ2v) is 1.54. The number of hydrogen-bond donors (Lipinski definition) is 3. The van der Waals surface area contributed by atoms with Gasteiger partial charge in [0.2, 0.25) is 0 Å². The molecule has 9 heavy (non-hydrogen) atoms. The molecule has 0 aliphatic carbocycles. The SMILES string of the molecule is O.O.O.O=P(O)(O)O.[Mg]. The molecule has 0 aliphatic rings. The molecule has 9 N–H and O–H groups in total. The van der Waals surface area contributed by atoms with E-state index in [1.807, 2.05) is 0 Å². The van der Waals surface area contributed by atoms with E-state index in [9.17, 15) is 0 Å². The Morgan fingerprint density at radius 3 is 0.889 bits per heavy atom. The molecule has 0 saturated carbocycles. The molecule has 58 valence electrons. The lowest BCUT2D eigenvalue weighted by Crippen LogP contribution is -1.66. The van der Waals surface area contributed by atoms with Gasteiger partial charge >= 0.3 is 7.82 Å². The van der Waals surface area contributed by atoms with Crippen LogP contribution in [0.3, 0.4) is 0 Å². The zero-order valence-corrected chi connectivity index (χ0v) is 6.71. The average molecular weight is 176 g/mol. The molecule has 0 aliphatic heterocycles. The van der Waals surface area contributed by atoms with Gasteiger partial charge in [0.15, 0.2) is 0 Å². The Hall–Kier alpha value is 0.756. The third-order valence-corrected chi connectivity index (χ3v) is 0. The van der Waals surface area contributed by atoms with Crippen LogP contribution in [0.5, 0.6) is 0 Å². The first kappa shape index (κ1) is 33.1. The summed E-state index contributed by atoms with van der Waals surface area (Å²) < 4.78 is 8.88. The zero-order valence-electron chi connectivity index (χ0n) is 4.40. The predicted molar refractivity (Wildman–Crippen MR) is 30.9 cm³/mol. The number of rotatable bonds is 0. The molecule has 7 nitrogen and oxygen atoms in total. The van der Waals surface area contributed by atoms with Crippen LogP contribution < -0.4 is 0 Å². The number of hydrogen-bond acceptors (Lipinski definition) is 1. The highest BCUT2D eigenvalue weighted by atomic mass is 31.2. The highest BCUT2D eigenvalue weighted by Crippen LogP contribution is 2.25. The lowest BCUT2D eigenvalue weighted by atomic mass is 15.8. The molecule has 0 rings (SSSR count). The molecule has 2 radical (unpaired) electrons. The van der Waals surface area contributed by atoms with Crippen LogP contribution in [0.25, 0.3) is 0 Å². The van der Waals surface area contributed by atoms with E-state index in [0.29, 0.717) is 0 Å². The summed E-state index contributed by atoms with van der Waals surface area (Å²) in [6, 6.07) is 0. The van der Waals surface area contributed by atoms with Crippen LogP contribution in [0.4, 0.5) is 0 Å². The van der Waals surface area contributed by atoms with Gasteiger partial charge < -0.3 is 31.1 Å². The van der Waals surface area contributed by atoms with Crippen molar-refractivity contribution < 1.29 is 35.7 Å². The van der Waals surface area contributed by atoms with Crippen molar-refractivity contribution in [3.8, 4) is 0 Å². The largest absolute Gasteiger partial charge is 0.466 e. The highest BCUT2D eigenvalue weighted by Gasteiger charge is 2.00. The van der Waals surface area contributed by atoms with Gasteiger partial charge in [-0.05, 0) is 0 Å². The third-order valence-electron chi connectivity index (χ3n) is 0. The maximum absolute atomic E-state index is 8.88. The molecule has 0 heterocycles. The summed E-state index contributed by atoms with van der Waals surface area (Å²) in [5.74, 6) is 0. The first-order valence-electron chi connectivity index (χ1n) is 0.783. The molecule has 0 fully saturated rings. The van der Waals surface area contributed by atoms with E-state index in [4.69, 9.17) is 19.2 Å². The minimum Gasteiger partial charge on any atom is -0.412 e. The van der Waals surface area contributed by atoms with Gasteiger partial charge in [-0.1, -0.05) is 0 Å². The van der Waals surface area contributed by atoms with Gasteiger partial charge in [0.1, 0.15) is 0 Å². The second kappa shape index (κ2) is 11.5. The quantitative estimate of drug-likeness (QED) is 0.254. The van der Waals surface area contributed by atoms with E-state index in [2.05, 4.69) is 0 Å². The Morgan fingerprint density at radius 1 is 0.889 bits per heavy atom. The maximum Gasteiger partial charge on any atom is 0.466 e. The normalized spacial score (nSPS) is 6.56. The number of phosphoric acid groups is 1. The first-order valence-corrected chi connectivity index (χ1v) is 2.35. The summed E-state index contributed by atoms with van der Waals surface area (Å²) in [7, 11) is -4.64. The summed E-state index contributed by atoms with van der Waals surface area (Å²) in [4.78, 5) is 21.6. The Balaban J connectivity index is -0.0000000133. The Bertz CT molecular complexity index is 55.1. The molecule has 0 aromatic rings. The second-order valence-electron chi connectivity index (χ2n) is 0.513. The van der Waals surface area contributed by atoms with Crippen molar-refractivity contribution in [2.45, 2.75) is 0 Å². The molecule has 0 aromatic carbocycles. The average Bonchev–Trinajstić information content (AvgIpc) is 0.722. The fourth-order valence-corrected chi connectivity index (χ4v) is 0. The van der Waals surface area contributed by atoms with Gasteiger partial charge in [-0.3, -0.25) is 0 Å². The first-order chi connectivity index (χ1) is 2.00. The van der Waals surface area contributed by atoms with Gasteiger partial charge in [-0.25, -0.2) is 4.57 Å². The monoisotopic (exact) mass is 176 g/mol. The summed E-state index contributed by atoms with van der Waals surface area (Å²) in [5.41, 5.74) is 0. The van der Waals surface area contributed by atoms with Crippen LogP contribution >= 0.6 is 7.82 Å². The third kappa shape index (κ3) is 699. The van der Waals surface area contributed by atoms with E-state index in [-0.39, 0.29) is 39.5 Å². The predicted octanol–water partition coefficient (Wildman–Crippen LogP) is -3.78. The zero-order chi connectivity index (χ0) is 4.50. The van der Waals surface area contributed by atoms with Gasteiger partial charge in [0, 0.05) is 23.1 Å². The van der Waals surface area contributed by atoms with E-state index < -0.39 is 7.82 Å². The van der Waals surface area contributed by atoms with Crippen molar-refractivity contribution in [2.75, 3.05) is 0 Å². The van der Waals surface area contributed by atoms with Gasteiger partial charge in [0.25, 0.3) is 0 Å². The molecule has 0 saturated heterocycles. The van der Waals surface area contributed by atoms with Crippen LogP contribution in [0, 0.1) is 0 Å². The van der Waals surface area contributed by atoms with Crippen LogP contribution in [-0.2, 0) is 4.57 Å². The molecule has 9 heteroatoms. The van der Waals surface area contributed by atoms with E-state index in [1.54, 1.807) is 0 Å². The van der Waals surface area contributed by atoms with Crippen molar-refractivity contribution in [1.29, 1.82) is 0 Å². The Kier molecular flexibility index (Phi) is 42.4. The van der Waals surface area contributed by atoms with Crippen molar-refractivity contribution in [2.24, 2.45) is 0 Å². The molecule has 0 spiro atoms. The van der Waals surface area contributed by atoms with Crippen molar-refractivity contribution in [1.82, 2.24) is 0 Å². The van der Waals surface area contributed by atoms with E-state index in [1.165, 1.54) is 0 Å². The Labute approximate surface area is 67.0 Å². The topological polar surface area (TPSA) is 172 Å². The molecular formula is H9MgO7P. The van der Waals surface area contributed by atoms with Gasteiger partial charge in [-0.2, -0.15) is 0 Å². The minimum atomic E-state index is -4.64. The lowest BCUT2D eigenvalue weighted by molar-refractivity contribution is 0.275.